The predicted octanol–water partition coefficient (Wildman–Crippen LogP) is 3.74. The third-order valence-corrected chi connectivity index (χ3v) is 5.40. The highest BCUT2D eigenvalue weighted by molar-refractivity contribution is 7.99. The number of thioether (sulfide) groups is 1. The largest absolute Gasteiger partial charge is 0.486 e. The molecule has 0 aliphatic carbocycles. The fourth-order valence-electron chi connectivity index (χ4n) is 2.75. The van der Waals surface area contributed by atoms with Gasteiger partial charge in [-0.15, -0.1) is 10.2 Å². The summed E-state index contributed by atoms with van der Waals surface area (Å²) in [6.07, 6.45) is 0. The van der Waals surface area contributed by atoms with Crippen LogP contribution in [0.1, 0.15) is 22.5 Å². The second kappa shape index (κ2) is 7.43. The first kappa shape index (κ1) is 18.2. The molecule has 3 aromatic rings. The minimum absolute atomic E-state index is 0.0399. The molecule has 28 heavy (non-hydrogen) atoms. The average molecular weight is 395 g/mol. The number of hydrogen-bond acceptors (Lipinski definition) is 7. The monoisotopic (exact) mass is 395 g/mol. The molecule has 0 unspecified atom stereocenters. The molecule has 4 rings (SSSR count). The Labute approximate surface area is 165 Å². The van der Waals surface area contributed by atoms with E-state index in [0.29, 0.717) is 22.3 Å². The van der Waals surface area contributed by atoms with Crippen molar-refractivity contribution in [2.45, 2.75) is 25.6 Å². The number of nitro benzene ring substituents is 1. The summed E-state index contributed by atoms with van der Waals surface area (Å²) in [4.78, 5) is 10.6. The van der Waals surface area contributed by atoms with Gasteiger partial charge in [-0.25, -0.2) is 0 Å². The van der Waals surface area contributed by atoms with Crippen LogP contribution in [0.4, 0.5) is 5.69 Å². The van der Waals surface area contributed by atoms with Gasteiger partial charge in [0, 0.05) is 23.4 Å². The summed E-state index contributed by atoms with van der Waals surface area (Å²) in [5.74, 6) is 1.90. The number of aryl methyl sites for hydroxylation is 2. The van der Waals surface area contributed by atoms with Crippen LogP contribution in [0.3, 0.4) is 0 Å². The first-order chi connectivity index (χ1) is 13.5. The molecular formula is C19H17N5O3S. The van der Waals surface area contributed by atoms with Crippen LogP contribution in [0.2, 0.25) is 0 Å². The number of rotatable bonds is 5. The van der Waals surface area contributed by atoms with E-state index in [2.05, 4.69) is 22.2 Å². The van der Waals surface area contributed by atoms with E-state index in [1.165, 1.54) is 29.5 Å². The molecule has 2 heterocycles. The molecule has 1 aliphatic rings. The van der Waals surface area contributed by atoms with E-state index in [9.17, 15) is 10.1 Å². The summed E-state index contributed by atoms with van der Waals surface area (Å²) in [7, 11) is 0. The third-order valence-electron chi connectivity index (χ3n) is 4.47. The molecule has 9 heteroatoms. The Bertz CT molecular complexity index is 1090. The number of nitro groups is 1. The number of non-ortho nitro benzene ring substituents is 1. The molecule has 0 saturated carbocycles. The average Bonchev–Trinajstić information content (AvgIpc) is 3.11. The molecule has 0 atom stereocenters. The van der Waals surface area contributed by atoms with Crippen LogP contribution in [0.5, 0.6) is 5.75 Å². The lowest BCUT2D eigenvalue weighted by atomic mass is 10.1. The van der Waals surface area contributed by atoms with Gasteiger partial charge in [-0.3, -0.25) is 10.1 Å². The number of benzene rings is 2. The van der Waals surface area contributed by atoms with E-state index < -0.39 is 4.92 Å². The van der Waals surface area contributed by atoms with Crippen molar-refractivity contribution in [2.24, 2.45) is 5.10 Å². The molecule has 1 aliphatic heterocycles. The number of fused-ring (bicyclic) bond motifs is 1. The van der Waals surface area contributed by atoms with Crippen LogP contribution in [-0.4, -0.2) is 31.3 Å². The zero-order valence-electron chi connectivity index (χ0n) is 15.3. The summed E-state index contributed by atoms with van der Waals surface area (Å²) >= 11 is 1.49. The summed E-state index contributed by atoms with van der Waals surface area (Å²) < 4.78 is 7.49. The Hall–Kier alpha value is -3.20. The van der Waals surface area contributed by atoms with Gasteiger partial charge in [-0.2, -0.15) is 9.78 Å². The van der Waals surface area contributed by atoms with E-state index in [1.54, 1.807) is 10.7 Å². The van der Waals surface area contributed by atoms with Crippen LogP contribution < -0.4 is 4.74 Å². The van der Waals surface area contributed by atoms with Gasteiger partial charge in [-0.05, 0) is 37.1 Å². The SMILES string of the molecule is Cc1ccc(OCc2nnc3n2N=C(c2cccc([N+](=O)[O-])c2)CS3)cc1C. The van der Waals surface area contributed by atoms with Gasteiger partial charge < -0.3 is 4.74 Å². The topological polar surface area (TPSA) is 95.4 Å². The quantitative estimate of drug-likeness (QED) is 0.482. The molecule has 0 spiro atoms. The lowest BCUT2D eigenvalue weighted by molar-refractivity contribution is -0.384. The number of aromatic nitrogens is 3. The van der Waals surface area contributed by atoms with Gasteiger partial charge in [0.25, 0.3) is 5.69 Å². The minimum atomic E-state index is -0.410. The first-order valence-electron chi connectivity index (χ1n) is 8.61. The zero-order chi connectivity index (χ0) is 19.7. The molecule has 0 bridgehead atoms. The van der Waals surface area contributed by atoms with Crippen molar-refractivity contribution < 1.29 is 9.66 Å². The maximum Gasteiger partial charge on any atom is 0.270 e. The highest BCUT2D eigenvalue weighted by Crippen LogP contribution is 2.26. The number of nitrogens with zero attached hydrogens (tertiary/aromatic N) is 5. The molecule has 1 aromatic heterocycles. The van der Waals surface area contributed by atoms with E-state index in [4.69, 9.17) is 4.74 Å². The summed E-state index contributed by atoms with van der Waals surface area (Å²) in [6, 6.07) is 12.4. The Kier molecular flexibility index (Phi) is 4.82. The fraction of sp³-hybridized carbons (Fsp3) is 0.211. The Morgan fingerprint density at radius 3 is 2.82 bits per heavy atom. The van der Waals surface area contributed by atoms with Crippen molar-refractivity contribution in [3.8, 4) is 5.75 Å². The summed E-state index contributed by atoms with van der Waals surface area (Å²) in [6.45, 7) is 4.31. The maximum absolute atomic E-state index is 11.0. The van der Waals surface area contributed by atoms with E-state index in [-0.39, 0.29) is 12.3 Å². The second-order valence-electron chi connectivity index (χ2n) is 6.39. The molecule has 8 nitrogen and oxygen atoms in total. The molecule has 142 valence electrons. The van der Waals surface area contributed by atoms with Crippen molar-refractivity contribution in [2.75, 3.05) is 5.75 Å². The lowest BCUT2D eigenvalue weighted by Gasteiger charge is -2.14. The standard InChI is InChI=1S/C19H17N5O3S/c1-12-6-7-16(8-13(12)2)27-10-18-20-21-19-23(18)22-17(11-28-19)14-4-3-5-15(9-14)24(25)26/h3-9H,10-11H2,1-2H3. The van der Waals surface area contributed by atoms with Crippen LogP contribution in [0, 0.1) is 24.0 Å². The molecule has 0 fully saturated rings. The van der Waals surface area contributed by atoms with E-state index >= 15 is 0 Å². The molecule has 0 N–H and O–H groups in total. The first-order valence-corrected chi connectivity index (χ1v) is 9.59. The van der Waals surface area contributed by atoms with Crippen LogP contribution in [0.15, 0.2) is 52.7 Å². The normalized spacial score (nSPS) is 13.0. The number of hydrogen-bond donors (Lipinski definition) is 0. The zero-order valence-corrected chi connectivity index (χ0v) is 16.1. The summed E-state index contributed by atoms with van der Waals surface area (Å²) in [5.41, 5.74) is 3.84. The van der Waals surface area contributed by atoms with Crippen LogP contribution in [0.25, 0.3) is 0 Å². The van der Waals surface area contributed by atoms with Crippen molar-refractivity contribution in [1.29, 1.82) is 0 Å². The fourth-order valence-corrected chi connectivity index (χ4v) is 3.61. The van der Waals surface area contributed by atoms with E-state index in [1.807, 2.05) is 31.2 Å². The van der Waals surface area contributed by atoms with Gasteiger partial charge in [0.2, 0.25) is 5.16 Å². The van der Waals surface area contributed by atoms with Gasteiger partial charge in [-0.1, -0.05) is 30.0 Å². The van der Waals surface area contributed by atoms with Gasteiger partial charge in [0.1, 0.15) is 12.4 Å². The summed E-state index contributed by atoms with van der Waals surface area (Å²) in [5, 5.41) is 24.6. The molecule has 0 radical (unpaired) electrons. The van der Waals surface area contributed by atoms with E-state index in [0.717, 1.165) is 17.0 Å². The molecule has 2 aromatic carbocycles. The Balaban J connectivity index is 1.58. The van der Waals surface area contributed by atoms with Gasteiger partial charge in [0.15, 0.2) is 5.82 Å². The number of ether oxygens (including phenoxy) is 1. The van der Waals surface area contributed by atoms with Gasteiger partial charge >= 0.3 is 0 Å². The minimum Gasteiger partial charge on any atom is -0.486 e. The van der Waals surface area contributed by atoms with Crippen molar-refractivity contribution in [1.82, 2.24) is 14.9 Å². The Morgan fingerprint density at radius 2 is 2.04 bits per heavy atom. The smallest absolute Gasteiger partial charge is 0.270 e. The third kappa shape index (κ3) is 3.61. The highest BCUT2D eigenvalue weighted by Gasteiger charge is 2.21. The van der Waals surface area contributed by atoms with Crippen molar-refractivity contribution in [3.05, 3.63) is 75.1 Å². The van der Waals surface area contributed by atoms with Crippen LogP contribution in [-0.2, 0) is 6.61 Å². The lowest BCUT2D eigenvalue weighted by Crippen LogP contribution is -2.15. The maximum atomic E-state index is 11.0. The predicted molar refractivity (Wildman–Crippen MR) is 106 cm³/mol. The Morgan fingerprint density at radius 1 is 1.18 bits per heavy atom. The van der Waals surface area contributed by atoms with Crippen LogP contribution >= 0.6 is 11.8 Å². The van der Waals surface area contributed by atoms with Gasteiger partial charge in [0.05, 0.1) is 10.6 Å². The molecular weight excluding hydrogens is 378 g/mol. The highest BCUT2D eigenvalue weighted by atomic mass is 32.2. The second-order valence-corrected chi connectivity index (χ2v) is 7.33. The molecule has 0 saturated heterocycles. The van der Waals surface area contributed by atoms with Crippen molar-refractivity contribution in [3.63, 3.8) is 0 Å². The van der Waals surface area contributed by atoms with Crippen molar-refractivity contribution >= 4 is 23.2 Å². The molecule has 0 amide bonds.